The third-order valence-corrected chi connectivity index (χ3v) is 3.94. The number of aromatic nitrogens is 4. The molecule has 0 radical (unpaired) electrons. The van der Waals surface area contributed by atoms with E-state index in [0.717, 1.165) is 17.6 Å². The van der Waals surface area contributed by atoms with Gasteiger partial charge in [-0.25, -0.2) is 4.98 Å². The third-order valence-electron chi connectivity index (χ3n) is 3.94. The van der Waals surface area contributed by atoms with Crippen molar-refractivity contribution in [2.24, 2.45) is 12.1 Å². The van der Waals surface area contributed by atoms with Crippen LogP contribution in [0.1, 0.15) is 18.2 Å². The molecule has 11 heteroatoms. The summed E-state index contributed by atoms with van der Waals surface area (Å²) in [6.45, 7) is 2.94. The van der Waals surface area contributed by atoms with Crippen molar-refractivity contribution < 1.29 is 13.2 Å². The van der Waals surface area contributed by atoms with Crippen molar-refractivity contribution in [1.82, 2.24) is 24.8 Å². The number of hydrogen-bond donors (Lipinski definition) is 2. The summed E-state index contributed by atoms with van der Waals surface area (Å²) in [5, 5.41) is 16.1. The minimum absolute atomic E-state index is 0.113. The molecule has 0 aromatic carbocycles. The molecule has 3 rings (SSSR count). The first-order valence-electron chi connectivity index (χ1n) is 7.93. The Morgan fingerprint density at radius 2 is 2.12 bits per heavy atom. The topological polar surface area (TPSA) is 83.3 Å². The fourth-order valence-corrected chi connectivity index (χ4v) is 2.67. The van der Waals surface area contributed by atoms with Crippen molar-refractivity contribution in [2.75, 3.05) is 24.2 Å². The second-order valence-corrected chi connectivity index (χ2v) is 5.97. The lowest BCUT2D eigenvalue weighted by Crippen LogP contribution is -2.32. The van der Waals surface area contributed by atoms with Crippen molar-refractivity contribution in [3.05, 3.63) is 29.7 Å². The highest BCUT2D eigenvalue weighted by molar-refractivity contribution is 5.90. The van der Waals surface area contributed by atoms with Crippen LogP contribution in [0, 0.1) is 0 Å². The van der Waals surface area contributed by atoms with E-state index in [-0.39, 0.29) is 17.8 Å². The summed E-state index contributed by atoms with van der Waals surface area (Å²) in [7, 11) is 3.23. The van der Waals surface area contributed by atoms with Crippen LogP contribution in [0.4, 0.5) is 24.9 Å². The van der Waals surface area contributed by atoms with Crippen molar-refractivity contribution >= 4 is 17.5 Å². The van der Waals surface area contributed by atoms with Gasteiger partial charge in [0.15, 0.2) is 0 Å². The molecule has 0 aliphatic carbocycles. The van der Waals surface area contributed by atoms with E-state index in [2.05, 4.69) is 30.8 Å². The Hall–Kier alpha value is -2.85. The lowest BCUT2D eigenvalue weighted by atomic mass is 10.2. The van der Waals surface area contributed by atoms with Crippen molar-refractivity contribution in [1.29, 1.82) is 0 Å². The fourth-order valence-electron chi connectivity index (χ4n) is 2.67. The summed E-state index contributed by atoms with van der Waals surface area (Å²) in [5.74, 6) is -0.158. The number of nitrogens with one attached hydrogen (secondary N) is 2. The van der Waals surface area contributed by atoms with Crippen molar-refractivity contribution in [3.63, 3.8) is 0 Å². The maximum Gasteiger partial charge on any atom is 0.421 e. The van der Waals surface area contributed by atoms with Gasteiger partial charge in [-0.05, 0) is 13.0 Å². The molecular formula is C15H19F3N8. The van der Waals surface area contributed by atoms with Gasteiger partial charge in [-0.15, -0.1) is 0 Å². The highest BCUT2D eigenvalue weighted by Gasteiger charge is 2.35. The molecule has 1 aliphatic rings. The van der Waals surface area contributed by atoms with E-state index in [0.29, 0.717) is 13.1 Å². The summed E-state index contributed by atoms with van der Waals surface area (Å²) in [6, 6.07) is 1.71. The van der Waals surface area contributed by atoms with E-state index in [9.17, 15) is 13.2 Å². The number of anilines is 2. The van der Waals surface area contributed by atoms with Gasteiger partial charge in [0.25, 0.3) is 0 Å². The van der Waals surface area contributed by atoms with Crippen LogP contribution < -0.4 is 10.6 Å². The number of hydrazone groups is 1. The first-order chi connectivity index (χ1) is 12.3. The molecule has 2 aromatic rings. The molecule has 0 saturated carbocycles. The third kappa shape index (κ3) is 3.86. The van der Waals surface area contributed by atoms with Crippen molar-refractivity contribution in [2.45, 2.75) is 25.7 Å². The number of hydrogen-bond acceptors (Lipinski definition) is 7. The molecule has 26 heavy (non-hydrogen) atoms. The van der Waals surface area contributed by atoms with Crippen LogP contribution in [0.15, 0.2) is 23.6 Å². The molecule has 0 fully saturated rings. The standard InChI is InChI=1S/C15H19F3N8/c1-9-12(8-26(23-9)7-10-4-5-25(3)24-10)21-14-20-6-11(15(16,17)18)13(19-2)22-14/h4-6,12H,7-8H2,1-3H3,(H2,19,20,21,22). The smallest absolute Gasteiger partial charge is 0.372 e. The zero-order valence-corrected chi connectivity index (χ0v) is 14.5. The number of halogens is 3. The number of aryl methyl sites for hydroxylation is 1. The molecule has 8 nitrogen and oxygen atoms in total. The Morgan fingerprint density at radius 1 is 1.35 bits per heavy atom. The Balaban J connectivity index is 1.68. The van der Waals surface area contributed by atoms with Gasteiger partial charge in [-0.1, -0.05) is 0 Å². The molecule has 140 valence electrons. The summed E-state index contributed by atoms with van der Waals surface area (Å²) in [6.07, 6.45) is -1.89. The summed E-state index contributed by atoms with van der Waals surface area (Å²) < 4.78 is 40.5. The lowest BCUT2D eigenvalue weighted by Gasteiger charge is -2.17. The van der Waals surface area contributed by atoms with Gasteiger partial charge >= 0.3 is 6.18 Å². The average molecular weight is 368 g/mol. The van der Waals surface area contributed by atoms with Crippen LogP contribution in [-0.2, 0) is 19.8 Å². The molecule has 3 heterocycles. The van der Waals surface area contributed by atoms with E-state index in [4.69, 9.17) is 0 Å². The average Bonchev–Trinajstić information content (AvgIpc) is 3.12. The Kier molecular flexibility index (Phi) is 4.70. The molecule has 1 unspecified atom stereocenters. The van der Waals surface area contributed by atoms with Gasteiger partial charge in [-0.3, -0.25) is 9.69 Å². The van der Waals surface area contributed by atoms with Crippen molar-refractivity contribution in [3.8, 4) is 0 Å². The highest BCUT2D eigenvalue weighted by Crippen LogP contribution is 2.33. The van der Waals surface area contributed by atoms with Crippen LogP contribution in [0.25, 0.3) is 0 Å². The van der Waals surface area contributed by atoms with Gasteiger partial charge < -0.3 is 10.6 Å². The summed E-state index contributed by atoms with van der Waals surface area (Å²) >= 11 is 0. The van der Waals surface area contributed by atoms with Gasteiger partial charge in [0.05, 0.1) is 30.5 Å². The van der Waals surface area contributed by atoms with E-state index in [1.54, 1.807) is 4.68 Å². The minimum Gasteiger partial charge on any atom is -0.372 e. The molecule has 1 atom stereocenters. The van der Waals surface area contributed by atoms with E-state index < -0.39 is 11.7 Å². The predicted octanol–water partition coefficient (Wildman–Crippen LogP) is 1.94. The number of alkyl halides is 3. The predicted molar refractivity (Wildman–Crippen MR) is 90.7 cm³/mol. The van der Waals surface area contributed by atoms with Gasteiger partial charge in [0, 0.05) is 26.5 Å². The molecule has 1 aliphatic heterocycles. The number of nitrogens with zero attached hydrogens (tertiary/aromatic N) is 6. The Bertz CT molecular complexity index is 813. The van der Waals surface area contributed by atoms with Crippen LogP contribution in [0.3, 0.4) is 0 Å². The SMILES string of the molecule is CNc1nc(NC2CN(Cc3ccn(C)n3)N=C2C)ncc1C(F)(F)F. The van der Waals surface area contributed by atoms with E-state index in [1.807, 2.05) is 31.2 Å². The second-order valence-electron chi connectivity index (χ2n) is 5.97. The van der Waals surface area contributed by atoms with Crippen LogP contribution in [0.5, 0.6) is 0 Å². The Morgan fingerprint density at radius 3 is 2.73 bits per heavy atom. The largest absolute Gasteiger partial charge is 0.421 e. The Labute approximate surface area is 148 Å². The lowest BCUT2D eigenvalue weighted by molar-refractivity contribution is -0.137. The monoisotopic (exact) mass is 368 g/mol. The second kappa shape index (κ2) is 6.81. The van der Waals surface area contributed by atoms with Gasteiger partial charge in [0.2, 0.25) is 5.95 Å². The molecule has 2 N–H and O–H groups in total. The maximum atomic E-state index is 12.9. The zero-order valence-electron chi connectivity index (χ0n) is 14.5. The highest BCUT2D eigenvalue weighted by atomic mass is 19.4. The molecule has 0 spiro atoms. The number of rotatable bonds is 5. The first-order valence-corrected chi connectivity index (χ1v) is 7.93. The summed E-state index contributed by atoms with van der Waals surface area (Å²) in [4.78, 5) is 7.72. The molecule has 0 saturated heterocycles. The molecule has 0 amide bonds. The van der Waals surface area contributed by atoms with Crippen LogP contribution >= 0.6 is 0 Å². The van der Waals surface area contributed by atoms with Gasteiger partial charge in [-0.2, -0.15) is 28.4 Å². The minimum atomic E-state index is -4.51. The van der Waals surface area contributed by atoms with E-state index in [1.165, 1.54) is 7.05 Å². The normalized spacial score (nSPS) is 17.4. The molecule has 0 bridgehead atoms. The van der Waals surface area contributed by atoms with E-state index >= 15 is 0 Å². The maximum absolute atomic E-state index is 12.9. The van der Waals surface area contributed by atoms with Crippen LogP contribution in [0.2, 0.25) is 0 Å². The fraction of sp³-hybridized carbons (Fsp3) is 0.467. The molecular weight excluding hydrogens is 349 g/mol. The van der Waals surface area contributed by atoms with Gasteiger partial charge in [0.1, 0.15) is 11.4 Å². The quantitative estimate of drug-likeness (QED) is 0.839. The molecule has 2 aromatic heterocycles. The first kappa shape index (κ1) is 18.0. The zero-order chi connectivity index (χ0) is 18.9. The summed E-state index contributed by atoms with van der Waals surface area (Å²) in [5.41, 5.74) is 0.780. The van der Waals surface area contributed by atoms with Crippen LogP contribution in [-0.4, -0.2) is 50.1 Å².